The monoisotopic (exact) mass is 478 g/mol. The molecule has 1 aliphatic heterocycles. The van der Waals surface area contributed by atoms with E-state index in [0.717, 1.165) is 54.1 Å². The first-order valence-electron chi connectivity index (χ1n) is 10.6. The summed E-state index contributed by atoms with van der Waals surface area (Å²) in [5, 5.41) is 0. The maximum atomic E-state index is 13.0. The fourth-order valence-electron chi connectivity index (χ4n) is 3.73. The van der Waals surface area contributed by atoms with Crippen LogP contribution >= 0.6 is 15.9 Å². The van der Waals surface area contributed by atoms with Gasteiger partial charge in [-0.05, 0) is 54.4 Å². The lowest BCUT2D eigenvalue weighted by Gasteiger charge is -2.35. The molecule has 31 heavy (non-hydrogen) atoms. The number of benzene rings is 3. The second-order valence-corrected chi connectivity index (χ2v) is 8.91. The van der Waals surface area contributed by atoms with Crippen LogP contribution in [0.2, 0.25) is 0 Å². The standard InChI is InChI=1S/C26H27BrN2O2/c1-20-5-7-21(8-6-20)18-28-13-15-29(16-14-28)26(30)23-4-2-3-22(17-23)19-31-25-11-9-24(27)10-12-25/h2-12,17H,13-16,18-19H2,1H3. The van der Waals surface area contributed by atoms with Crippen molar-refractivity contribution >= 4 is 21.8 Å². The Bertz CT molecular complexity index is 1010. The summed E-state index contributed by atoms with van der Waals surface area (Å²) >= 11 is 3.43. The van der Waals surface area contributed by atoms with Gasteiger partial charge in [-0.3, -0.25) is 9.69 Å². The van der Waals surface area contributed by atoms with Gasteiger partial charge in [-0.15, -0.1) is 0 Å². The SMILES string of the molecule is Cc1ccc(CN2CCN(C(=O)c3cccc(COc4ccc(Br)cc4)c3)CC2)cc1. The van der Waals surface area contributed by atoms with Crippen molar-refractivity contribution in [3.63, 3.8) is 0 Å². The Morgan fingerprint density at radius 1 is 0.903 bits per heavy atom. The molecule has 1 aliphatic rings. The first-order valence-corrected chi connectivity index (χ1v) is 11.4. The van der Waals surface area contributed by atoms with Crippen LogP contribution in [0.3, 0.4) is 0 Å². The van der Waals surface area contributed by atoms with E-state index in [2.05, 4.69) is 52.0 Å². The van der Waals surface area contributed by atoms with Gasteiger partial charge in [0.25, 0.3) is 5.91 Å². The smallest absolute Gasteiger partial charge is 0.253 e. The summed E-state index contributed by atoms with van der Waals surface area (Å²) in [5.74, 6) is 0.908. The van der Waals surface area contributed by atoms with Crippen molar-refractivity contribution in [1.82, 2.24) is 9.80 Å². The zero-order valence-electron chi connectivity index (χ0n) is 17.8. The Morgan fingerprint density at radius 3 is 2.32 bits per heavy atom. The number of carbonyl (C=O) groups is 1. The third kappa shape index (κ3) is 5.96. The summed E-state index contributed by atoms with van der Waals surface area (Å²) in [5.41, 5.74) is 4.32. The van der Waals surface area contributed by atoms with Crippen LogP contribution in [-0.2, 0) is 13.2 Å². The molecular formula is C26H27BrN2O2. The molecule has 3 aromatic rings. The average Bonchev–Trinajstić information content (AvgIpc) is 2.80. The molecule has 0 spiro atoms. The summed E-state index contributed by atoms with van der Waals surface area (Å²) < 4.78 is 6.87. The number of amides is 1. The van der Waals surface area contributed by atoms with Crippen molar-refractivity contribution in [2.75, 3.05) is 26.2 Å². The molecule has 1 fully saturated rings. The first-order chi connectivity index (χ1) is 15.1. The zero-order chi connectivity index (χ0) is 21.6. The number of carbonyl (C=O) groups excluding carboxylic acids is 1. The molecule has 0 saturated carbocycles. The minimum Gasteiger partial charge on any atom is -0.489 e. The zero-order valence-corrected chi connectivity index (χ0v) is 19.3. The Labute approximate surface area is 192 Å². The highest BCUT2D eigenvalue weighted by atomic mass is 79.9. The van der Waals surface area contributed by atoms with E-state index in [1.807, 2.05) is 53.4 Å². The van der Waals surface area contributed by atoms with Crippen LogP contribution < -0.4 is 4.74 Å². The van der Waals surface area contributed by atoms with Gasteiger partial charge in [0.1, 0.15) is 12.4 Å². The highest BCUT2D eigenvalue weighted by Gasteiger charge is 2.22. The molecule has 5 heteroatoms. The van der Waals surface area contributed by atoms with Gasteiger partial charge in [-0.2, -0.15) is 0 Å². The molecule has 1 saturated heterocycles. The molecule has 0 unspecified atom stereocenters. The molecule has 0 atom stereocenters. The second kappa shape index (κ2) is 10.1. The minimum absolute atomic E-state index is 0.0977. The predicted molar refractivity (Wildman–Crippen MR) is 127 cm³/mol. The fraction of sp³-hybridized carbons (Fsp3) is 0.269. The number of rotatable bonds is 6. The van der Waals surface area contributed by atoms with Crippen molar-refractivity contribution in [2.45, 2.75) is 20.1 Å². The van der Waals surface area contributed by atoms with E-state index >= 15 is 0 Å². The van der Waals surface area contributed by atoms with Gasteiger partial charge in [-0.1, -0.05) is 57.9 Å². The summed E-state index contributed by atoms with van der Waals surface area (Å²) in [7, 11) is 0. The van der Waals surface area contributed by atoms with Crippen molar-refractivity contribution in [3.05, 3.63) is 99.5 Å². The van der Waals surface area contributed by atoms with E-state index in [-0.39, 0.29) is 5.91 Å². The molecule has 1 amide bonds. The van der Waals surface area contributed by atoms with Gasteiger partial charge in [0, 0.05) is 42.8 Å². The number of halogens is 1. The van der Waals surface area contributed by atoms with Gasteiger partial charge in [0.05, 0.1) is 0 Å². The first kappa shape index (κ1) is 21.6. The number of aryl methyl sites for hydroxylation is 1. The molecule has 4 nitrogen and oxygen atoms in total. The Hall–Kier alpha value is -2.63. The summed E-state index contributed by atoms with van der Waals surface area (Å²) in [6.07, 6.45) is 0. The lowest BCUT2D eigenvalue weighted by atomic mass is 10.1. The maximum absolute atomic E-state index is 13.0. The molecule has 0 bridgehead atoms. The van der Waals surface area contributed by atoms with Crippen molar-refractivity contribution in [1.29, 1.82) is 0 Å². The molecule has 0 aliphatic carbocycles. The molecule has 160 valence electrons. The average molecular weight is 479 g/mol. The minimum atomic E-state index is 0.0977. The Morgan fingerprint density at radius 2 is 1.61 bits per heavy atom. The van der Waals surface area contributed by atoms with Crippen molar-refractivity contribution < 1.29 is 9.53 Å². The second-order valence-electron chi connectivity index (χ2n) is 8.00. The Kier molecular flexibility index (Phi) is 7.05. The topological polar surface area (TPSA) is 32.8 Å². The maximum Gasteiger partial charge on any atom is 0.253 e. The Balaban J connectivity index is 1.30. The highest BCUT2D eigenvalue weighted by Crippen LogP contribution is 2.18. The number of hydrogen-bond acceptors (Lipinski definition) is 3. The molecule has 3 aromatic carbocycles. The third-order valence-corrected chi connectivity index (χ3v) is 6.11. The number of piperazine rings is 1. The predicted octanol–water partition coefficient (Wildman–Crippen LogP) is 5.29. The van der Waals surface area contributed by atoms with Crippen LogP contribution in [0.4, 0.5) is 0 Å². The van der Waals surface area contributed by atoms with E-state index in [1.54, 1.807) is 0 Å². The molecule has 0 aromatic heterocycles. The van der Waals surface area contributed by atoms with Crippen LogP contribution in [0.1, 0.15) is 27.0 Å². The number of nitrogens with zero attached hydrogens (tertiary/aromatic N) is 2. The molecule has 1 heterocycles. The van der Waals surface area contributed by atoms with Crippen LogP contribution in [0.15, 0.2) is 77.3 Å². The summed E-state index contributed by atoms with van der Waals surface area (Å²) in [4.78, 5) is 17.4. The number of ether oxygens (including phenoxy) is 1. The molecular weight excluding hydrogens is 452 g/mol. The fourth-order valence-corrected chi connectivity index (χ4v) is 4.00. The van der Waals surface area contributed by atoms with Gasteiger partial charge in [0.15, 0.2) is 0 Å². The summed E-state index contributed by atoms with van der Waals surface area (Å²) in [6.45, 7) is 6.78. The number of hydrogen-bond donors (Lipinski definition) is 0. The van der Waals surface area contributed by atoms with Gasteiger partial charge >= 0.3 is 0 Å². The van der Waals surface area contributed by atoms with E-state index in [9.17, 15) is 4.79 Å². The lowest BCUT2D eigenvalue weighted by Crippen LogP contribution is -2.48. The van der Waals surface area contributed by atoms with Gasteiger partial charge in [-0.25, -0.2) is 0 Å². The third-order valence-electron chi connectivity index (χ3n) is 5.58. The van der Waals surface area contributed by atoms with Gasteiger partial charge < -0.3 is 9.64 Å². The van der Waals surface area contributed by atoms with E-state index in [1.165, 1.54) is 11.1 Å². The normalized spacial score (nSPS) is 14.5. The molecule has 0 radical (unpaired) electrons. The highest BCUT2D eigenvalue weighted by molar-refractivity contribution is 9.10. The van der Waals surface area contributed by atoms with E-state index in [4.69, 9.17) is 4.74 Å². The largest absolute Gasteiger partial charge is 0.489 e. The molecule has 0 N–H and O–H groups in total. The van der Waals surface area contributed by atoms with Crippen LogP contribution in [0.25, 0.3) is 0 Å². The van der Waals surface area contributed by atoms with Crippen LogP contribution in [0.5, 0.6) is 5.75 Å². The van der Waals surface area contributed by atoms with E-state index in [0.29, 0.717) is 6.61 Å². The summed E-state index contributed by atoms with van der Waals surface area (Å²) in [6, 6.07) is 24.2. The van der Waals surface area contributed by atoms with Crippen molar-refractivity contribution in [2.24, 2.45) is 0 Å². The van der Waals surface area contributed by atoms with E-state index < -0.39 is 0 Å². The lowest BCUT2D eigenvalue weighted by molar-refractivity contribution is 0.0628. The van der Waals surface area contributed by atoms with Crippen LogP contribution in [-0.4, -0.2) is 41.9 Å². The quantitative estimate of drug-likeness (QED) is 0.482. The molecule has 4 rings (SSSR count). The van der Waals surface area contributed by atoms with Gasteiger partial charge in [0.2, 0.25) is 0 Å². The van der Waals surface area contributed by atoms with Crippen LogP contribution in [0, 0.1) is 6.92 Å². The van der Waals surface area contributed by atoms with Crippen molar-refractivity contribution in [3.8, 4) is 5.75 Å².